The fourth-order valence-electron chi connectivity index (χ4n) is 1.14. The quantitative estimate of drug-likeness (QED) is 0.391. The van der Waals surface area contributed by atoms with Crippen molar-refractivity contribution in [2.24, 2.45) is 0 Å². The van der Waals surface area contributed by atoms with E-state index in [4.69, 9.17) is 14.2 Å². The van der Waals surface area contributed by atoms with Gasteiger partial charge < -0.3 is 14.2 Å². The summed E-state index contributed by atoms with van der Waals surface area (Å²) in [6.45, 7) is 2.43. The molecule has 0 unspecified atom stereocenters. The van der Waals surface area contributed by atoms with E-state index >= 15 is 0 Å². The lowest BCUT2D eigenvalue weighted by atomic mass is 10.2. The van der Waals surface area contributed by atoms with Gasteiger partial charge in [-0.25, -0.2) is 0 Å². The molecule has 0 amide bonds. The lowest BCUT2D eigenvalue weighted by Crippen LogP contribution is -2.05. The summed E-state index contributed by atoms with van der Waals surface area (Å²) in [5, 5.41) is 0. The molecule has 0 saturated carbocycles. The normalized spacial score (nSPS) is 19.6. The topological polar surface area (TPSA) is 31.0 Å². The monoisotopic (exact) mass is 194 g/mol. The Kier molecular flexibility index (Phi) is 3.51. The summed E-state index contributed by atoms with van der Waals surface area (Å²) in [6, 6.07) is 10.0. The average Bonchev–Trinajstić information content (AvgIpc) is 3.03. The smallest absolute Gasteiger partial charge is 0.147 e. The van der Waals surface area contributed by atoms with E-state index in [-0.39, 0.29) is 0 Å². The predicted octanol–water partition coefficient (Wildman–Crippen LogP) is 1.58. The van der Waals surface area contributed by atoms with Gasteiger partial charge in [-0.15, -0.1) is 0 Å². The summed E-state index contributed by atoms with van der Waals surface area (Å²) in [6.07, 6.45) is 0.315. The van der Waals surface area contributed by atoms with Gasteiger partial charge in [-0.05, 0) is 5.56 Å². The van der Waals surface area contributed by atoms with Crippen LogP contribution in [-0.4, -0.2) is 26.1 Å². The van der Waals surface area contributed by atoms with Gasteiger partial charge >= 0.3 is 0 Å². The molecule has 14 heavy (non-hydrogen) atoms. The highest BCUT2D eigenvalue weighted by molar-refractivity contribution is 5.13. The fraction of sp³-hybridized carbons (Fsp3) is 0.455. The van der Waals surface area contributed by atoms with Crippen LogP contribution in [0.2, 0.25) is 0 Å². The molecule has 1 atom stereocenters. The maximum Gasteiger partial charge on any atom is 0.147 e. The molecule has 1 heterocycles. The minimum absolute atomic E-state index is 0.315. The van der Waals surface area contributed by atoms with Crippen molar-refractivity contribution in [3.05, 3.63) is 35.9 Å². The van der Waals surface area contributed by atoms with Gasteiger partial charge in [0.2, 0.25) is 0 Å². The molecule has 0 radical (unpaired) electrons. The van der Waals surface area contributed by atoms with Gasteiger partial charge in [0.05, 0.1) is 19.8 Å². The molecule has 0 aromatic heterocycles. The first kappa shape index (κ1) is 9.65. The number of epoxide rings is 1. The standard InChI is InChI=1S/C11H14O3/c1-2-4-10(5-3-1)6-12-9-13-7-11-8-14-11/h1-5,11H,6-9H2/t11-/m0/s1. The number of ether oxygens (including phenoxy) is 3. The third-order valence-corrected chi connectivity index (χ3v) is 1.98. The van der Waals surface area contributed by atoms with E-state index in [1.165, 1.54) is 5.56 Å². The molecule has 3 nitrogen and oxygen atoms in total. The highest BCUT2D eigenvalue weighted by atomic mass is 16.7. The van der Waals surface area contributed by atoms with Crippen molar-refractivity contribution in [2.75, 3.05) is 20.0 Å². The molecule has 1 fully saturated rings. The van der Waals surface area contributed by atoms with E-state index in [0.29, 0.717) is 26.1 Å². The number of hydrogen-bond donors (Lipinski definition) is 0. The summed E-state index contributed by atoms with van der Waals surface area (Å²) in [5.74, 6) is 0. The molecule has 1 aliphatic heterocycles. The Morgan fingerprint density at radius 2 is 2.00 bits per heavy atom. The highest BCUT2D eigenvalue weighted by Crippen LogP contribution is 2.08. The lowest BCUT2D eigenvalue weighted by Gasteiger charge is -2.04. The number of benzene rings is 1. The average molecular weight is 194 g/mol. The molecular weight excluding hydrogens is 180 g/mol. The van der Waals surface area contributed by atoms with Crippen LogP contribution in [0.25, 0.3) is 0 Å². The van der Waals surface area contributed by atoms with Gasteiger partial charge in [-0.2, -0.15) is 0 Å². The molecule has 3 heteroatoms. The van der Waals surface area contributed by atoms with Crippen LogP contribution in [-0.2, 0) is 20.8 Å². The predicted molar refractivity (Wildman–Crippen MR) is 51.8 cm³/mol. The lowest BCUT2D eigenvalue weighted by molar-refractivity contribution is -0.0650. The summed E-state index contributed by atoms with van der Waals surface area (Å²) in [4.78, 5) is 0. The molecule has 0 spiro atoms. The van der Waals surface area contributed by atoms with E-state index in [0.717, 1.165) is 6.61 Å². The van der Waals surface area contributed by atoms with Gasteiger partial charge in [0.25, 0.3) is 0 Å². The summed E-state index contributed by atoms with van der Waals surface area (Å²) in [5.41, 5.74) is 1.17. The zero-order chi connectivity index (χ0) is 9.64. The molecule has 0 N–H and O–H groups in total. The second kappa shape index (κ2) is 5.10. The minimum Gasteiger partial charge on any atom is -0.371 e. The Labute approximate surface area is 83.6 Å². The summed E-state index contributed by atoms with van der Waals surface area (Å²) >= 11 is 0. The van der Waals surface area contributed by atoms with Crippen molar-refractivity contribution in [1.29, 1.82) is 0 Å². The first-order valence-electron chi connectivity index (χ1n) is 4.76. The second-order valence-corrected chi connectivity index (χ2v) is 3.28. The van der Waals surface area contributed by atoms with E-state index in [2.05, 4.69) is 0 Å². The van der Waals surface area contributed by atoms with Crippen LogP contribution >= 0.6 is 0 Å². The van der Waals surface area contributed by atoms with E-state index in [9.17, 15) is 0 Å². The van der Waals surface area contributed by atoms with Crippen molar-refractivity contribution in [3.63, 3.8) is 0 Å². The molecule has 1 aliphatic rings. The molecule has 1 aromatic rings. The van der Waals surface area contributed by atoms with E-state index < -0.39 is 0 Å². The largest absolute Gasteiger partial charge is 0.371 e. The summed E-state index contributed by atoms with van der Waals surface area (Å²) in [7, 11) is 0. The number of rotatable bonds is 6. The molecule has 76 valence electrons. The Balaban J connectivity index is 1.54. The molecule has 1 saturated heterocycles. The van der Waals surface area contributed by atoms with Crippen molar-refractivity contribution in [1.82, 2.24) is 0 Å². The van der Waals surface area contributed by atoms with Gasteiger partial charge in [-0.3, -0.25) is 0 Å². The van der Waals surface area contributed by atoms with E-state index in [1.807, 2.05) is 30.3 Å². The van der Waals surface area contributed by atoms with Crippen LogP contribution in [0, 0.1) is 0 Å². The first-order valence-corrected chi connectivity index (χ1v) is 4.76. The fourth-order valence-corrected chi connectivity index (χ4v) is 1.14. The van der Waals surface area contributed by atoms with Gasteiger partial charge in [0.15, 0.2) is 0 Å². The molecule has 1 aromatic carbocycles. The first-order chi connectivity index (χ1) is 6.95. The van der Waals surface area contributed by atoms with Crippen LogP contribution in [0.15, 0.2) is 30.3 Å². The van der Waals surface area contributed by atoms with Crippen molar-refractivity contribution < 1.29 is 14.2 Å². The SMILES string of the molecule is c1ccc(COCOC[C@H]2CO2)cc1. The highest BCUT2D eigenvalue weighted by Gasteiger charge is 2.21. The summed E-state index contributed by atoms with van der Waals surface area (Å²) < 4.78 is 15.5. The Morgan fingerprint density at radius 1 is 1.21 bits per heavy atom. The van der Waals surface area contributed by atoms with Gasteiger partial charge in [-0.1, -0.05) is 30.3 Å². The molecule has 0 aliphatic carbocycles. The number of hydrogen-bond acceptors (Lipinski definition) is 3. The third kappa shape index (κ3) is 3.46. The third-order valence-electron chi connectivity index (χ3n) is 1.98. The maximum atomic E-state index is 5.32. The van der Waals surface area contributed by atoms with Gasteiger partial charge in [0, 0.05) is 0 Å². The Bertz CT molecular complexity index is 256. The molecule has 0 bridgehead atoms. The van der Waals surface area contributed by atoms with Crippen LogP contribution in [0.1, 0.15) is 5.56 Å². The Hall–Kier alpha value is -0.900. The zero-order valence-corrected chi connectivity index (χ0v) is 8.02. The van der Waals surface area contributed by atoms with Crippen LogP contribution in [0.4, 0.5) is 0 Å². The van der Waals surface area contributed by atoms with Crippen LogP contribution < -0.4 is 0 Å². The minimum atomic E-state index is 0.315. The Morgan fingerprint density at radius 3 is 2.71 bits per heavy atom. The molecular formula is C11H14O3. The maximum absolute atomic E-state index is 5.32. The molecule has 2 rings (SSSR count). The van der Waals surface area contributed by atoms with Crippen molar-refractivity contribution in [2.45, 2.75) is 12.7 Å². The van der Waals surface area contributed by atoms with Crippen LogP contribution in [0.5, 0.6) is 0 Å². The van der Waals surface area contributed by atoms with Crippen molar-refractivity contribution in [3.8, 4) is 0 Å². The van der Waals surface area contributed by atoms with Crippen LogP contribution in [0.3, 0.4) is 0 Å². The second-order valence-electron chi connectivity index (χ2n) is 3.28. The zero-order valence-electron chi connectivity index (χ0n) is 8.02. The van der Waals surface area contributed by atoms with Crippen molar-refractivity contribution >= 4 is 0 Å². The van der Waals surface area contributed by atoms with Gasteiger partial charge in [0.1, 0.15) is 12.9 Å². The van der Waals surface area contributed by atoms with E-state index in [1.54, 1.807) is 0 Å².